The fourth-order valence-electron chi connectivity index (χ4n) is 3.11. The number of ketones is 1. The Morgan fingerprint density at radius 1 is 1.12 bits per heavy atom. The van der Waals surface area contributed by atoms with Crippen LogP contribution in [-0.4, -0.2) is 42.8 Å². The molecule has 0 aromatic heterocycles. The average molecular weight is 459 g/mol. The Morgan fingerprint density at radius 2 is 1.81 bits per heavy atom. The summed E-state index contributed by atoms with van der Waals surface area (Å²) < 4.78 is 10.5. The van der Waals surface area contributed by atoms with Crippen LogP contribution < -0.4 is 15.4 Å². The Morgan fingerprint density at radius 3 is 2.50 bits per heavy atom. The Balaban J connectivity index is 1.62. The van der Waals surface area contributed by atoms with Crippen LogP contribution in [0.25, 0.3) is 0 Å². The van der Waals surface area contributed by atoms with Crippen molar-refractivity contribution >= 4 is 40.9 Å². The number of carbonyl (C=O) groups excluding carboxylic acids is 4. The van der Waals surface area contributed by atoms with Crippen LogP contribution in [0.3, 0.4) is 0 Å². The van der Waals surface area contributed by atoms with E-state index in [9.17, 15) is 19.2 Å². The van der Waals surface area contributed by atoms with Crippen LogP contribution in [0.15, 0.2) is 42.5 Å². The first-order chi connectivity index (χ1) is 15.2. The zero-order chi connectivity index (χ0) is 23.3. The van der Waals surface area contributed by atoms with E-state index in [0.717, 1.165) is 0 Å². The zero-order valence-corrected chi connectivity index (χ0v) is 18.4. The third-order valence-corrected chi connectivity index (χ3v) is 4.94. The van der Waals surface area contributed by atoms with E-state index in [0.29, 0.717) is 28.4 Å². The second-order valence-corrected chi connectivity index (χ2v) is 8.18. The topological polar surface area (TPSA) is 111 Å². The third kappa shape index (κ3) is 6.07. The number of hydrogen-bond donors (Lipinski definition) is 2. The largest absolute Gasteiger partial charge is 0.482 e. The van der Waals surface area contributed by atoms with Gasteiger partial charge in [0, 0.05) is 16.1 Å². The van der Waals surface area contributed by atoms with Gasteiger partial charge >= 0.3 is 5.97 Å². The first-order valence-electron chi connectivity index (χ1n) is 10.1. The maximum atomic E-state index is 12.6. The van der Waals surface area contributed by atoms with E-state index >= 15 is 0 Å². The predicted octanol–water partition coefficient (Wildman–Crippen LogP) is 3.24. The molecule has 1 aliphatic heterocycles. The van der Waals surface area contributed by atoms with Crippen molar-refractivity contribution in [2.75, 3.05) is 18.5 Å². The van der Waals surface area contributed by atoms with Crippen LogP contribution in [-0.2, 0) is 14.3 Å². The van der Waals surface area contributed by atoms with Crippen LogP contribution in [0.1, 0.15) is 41.0 Å². The molecule has 0 saturated heterocycles. The minimum absolute atomic E-state index is 0.0864. The Labute approximate surface area is 190 Å². The molecule has 0 fully saturated rings. The summed E-state index contributed by atoms with van der Waals surface area (Å²) in [5, 5.41) is 5.77. The van der Waals surface area contributed by atoms with Gasteiger partial charge in [0.1, 0.15) is 11.8 Å². The van der Waals surface area contributed by atoms with Gasteiger partial charge in [-0.15, -0.1) is 0 Å². The van der Waals surface area contributed by atoms with Crippen molar-refractivity contribution in [3.8, 4) is 5.75 Å². The summed E-state index contributed by atoms with van der Waals surface area (Å²) in [5.74, 6) is -1.36. The Kier molecular flexibility index (Phi) is 7.48. The SMILES string of the molecule is CC(C)C[C@H](NC(=O)c1ccc(Cl)cc1)C(=O)OCC(=O)c1ccc2c(c1)NC(=O)CO2. The molecule has 0 aliphatic carbocycles. The molecule has 9 heteroatoms. The maximum absolute atomic E-state index is 12.6. The lowest BCUT2D eigenvalue weighted by atomic mass is 10.0. The van der Waals surface area contributed by atoms with Crippen LogP contribution in [0, 0.1) is 5.92 Å². The van der Waals surface area contributed by atoms with Crippen molar-refractivity contribution in [1.82, 2.24) is 5.32 Å². The van der Waals surface area contributed by atoms with Crippen molar-refractivity contribution in [2.45, 2.75) is 26.3 Å². The number of carbonyl (C=O) groups is 4. The second-order valence-electron chi connectivity index (χ2n) is 7.74. The lowest BCUT2D eigenvalue weighted by Gasteiger charge is -2.20. The highest BCUT2D eigenvalue weighted by Crippen LogP contribution is 2.28. The lowest BCUT2D eigenvalue weighted by molar-refractivity contribution is -0.145. The standard InChI is InChI=1S/C23H23ClN2O6/c1-13(2)9-18(26-22(29)14-3-6-16(24)7-4-14)23(30)32-11-19(27)15-5-8-20-17(10-15)25-21(28)12-31-20/h3-8,10,13,18H,9,11-12H2,1-2H3,(H,25,28)(H,26,29)/t18-/m0/s1. The number of Topliss-reactive ketones (excluding diaryl/α,β-unsaturated/α-hetero) is 1. The molecule has 1 aliphatic rings. The molecule has 3 rings (SSSR count). The summed E-state index contributed by atoms with van der Waals surface area (Å²) in [7, 11) is 0. The minimum Gasteiger partial charge on any atom is -0.482 e. The summed E-state index contributed by atoms with van der Waals surface area (Å²) >= 11 is 5.84. The van der Waals surface area contributed by atoms with Gasteiger partial charge in [-0.2, -0.15) is 0 Å². The van der Waals surface area contributed by atoms with Gasteiger partial charge in [0.05, 0.1) is 5.69 Å². The van der Waals surface area contributed by atoms with Gasteiger partial charge < -0.3 is 20.1 Å². The number of rotatable bonds is 8. The zero-order valence-electron chi connectivity index (χ0n) is 17.6. The molecule has 2 N–H and O–H groups in total. The molecule has 1 heterocycles. The van der Waals surface area contributed by atoms with E-state index in [-0.39, 0.29) is 24.0 Å². The van der Waals surface area contributed by atoms with Crippen LogP contribution in [0.2, 0.25) is 5.02 Å². The summed E-state index contributed by atoms with van der Waals surface area (Å²) in [6.45, 7) is 3.22. The molecule has 1 atom stereocenters. The van der Waals surface area contributed by atoms with Crippen molar-refractivity contribution in [1.29, 1.82) is 0 Å². The smallest absolute Gasteiger partial charge is 0.329 e. The van der Waals surface area contributed by atoms with Crippen molar-refractivity contribution < 1.29 is 28.7 Å². The van der Waals surface area contributed by atoms with Gasteiger partial charge in [0.15, 0.2) is 19.0 Å². The molecular formula is C23H23ClN2O6. The molecule has 0 saturated carbocycles. The minimum atomic E-state index is -0.915. The molecule has 0 unspecified atom stereocenters. The van der Waals surface area contributed by atoms with Gasteiger partial charge in [0.25, 0.3) is 11.8 Å². The molecule has 8 nitrogen and oxygen atoms in total. The van der Waals surface area contributed by atoms with Gasteiger partial charge in [0.2, 0.25) is 0 Å². The second kappa shape index (κ2) is 10.3. The van der Waals surface area contributed by atoms with Gasteiger partial charge in [-0.25, -0.2) is 4.79 Å². The summed E-state index contributed by atoms with van der Waals surface area (Å²) in [5.41, 5.74) is 0.990. The number of anilines is 1. The molecule has 2 amide bonds. The first-order valence-corrected chi connectivity index (χ1v) is 10.4. The molecule has 2 aromatic carbocycles. The molecule has 2 aromatic rings. The average Bonchev–Trinajstić information content (AvgIpc) is 2.76. The fourth-order valence-corrected chi connectivity index (χ4v) is 3.23. The van der Waals surface area contributed by atoms with Gasteiger partial charge in [-0.3, -0.25) is 14.4 Å². The number of nitrogens with one attached hydrogen (secondary N) is 2. The van der Waals surface area contributed by atoms with Gasteiger partial charge in [-0.1, -0.05) is 25.4 Å². The van der Waals surface area contributed by atoms with Crippen LogP contribution in [0.5, 0.6) is 5.75 Å². The fraction of sp³-hybridized carbons (Fsp3) is 0.304. The highest BCUT2D eigenvalue weighted by atomic mass is 35.5. The third-order valence-electron chi connectivity index (χ3n) is 4.68. The molecule has 32 heavy (non-hydrogen) atoms. The van der Waals surface area contributed by atoms with E-state index in [1.165, 1.54) is 12.1 Å². The quantitative estimate of drug-likeness (QED) is 0.464. The van der Waals surface area contributed by atoms with Crippen molar-refractivity contribution in [3.05, 3.63) is 58.6 Å². The van der Waals surface area contributed by atoms with Crippen LogP contribution in [0.4, 0.5) is 5.69 Å². The number of fused-ring (bicyclic) bond motifs is 1. The normalized spacial score (nSPS) is 13.4. The summed E-state index contributed by atoms with van der Waals surface area (Å²) in [6.07, 6.45) is 0.342. The van der Waals surface area contributed by atoms with E-state index in [4.69, 9.17) is 21.1 Å². The summed E-state index contributed by atoms with van der Waals surface area (Å²) in [4.78, 5) is 49.1. The number of benzene rings is 2. The van der Waals surface area contributed by atoms with E-state index in [1.54, 1.807) is 30.3 Å². The van der Waals surface area contributed by atoms with E-state index in [2.05, 4.69) is 10.6 Å². The number of amides is 2. The first kappa shape index (κ1) is 23.3. The number of esters is 1. The molecular weight excluding hydrogens is 436 g/mol. The Bertz CT molecular complexity index is 1040. The number of ether oxygens (including phenoxy) is 2. The van der Waals surface area contributed by atoms with Crippen molar-refractivity contribution in [2.24, 2.45) is 5.92 Å². The van der Waals surface area contributed by atoms with Crippen molar-refractivity contribution in [3.63, 3.8) is 0 Å². The maximum Gasteiger partial charge on any atom is 0.329 e. The molecule has 0 radical (unpaired) electrons. The van der Waals surface area contributed by atoms with E-state index in [1.807, 2.05) is 13.8 Å². The monoisotopic (exact) mass is 458 g/mol. The van der Waals surface area contributed by atoms with Gasteiger partial charge in [-0.05, 0) is 54.8 Å². The van der Waals surface area contributed by atoms with E-state index < -0.39 is 30.3 Å². The lowest BCUT2D eigenvalue weighted by Crippen LogP contribution is -2.43. The molecule has 0 spiro atoms. The number of hydrogen-bond acceptors (Lipinski definition) is 6. The molecule has 0 bridgehead atoms. The Hall–Kier alpha value is -3.39. The highest BCUT2D eigenvalue weighted by molar-refractivity contribution is 6.30. The van der Waals surface area contributed by atoms with Crippen LogP contribution >= 0.6 is 11.6 Å². The number of halogens is 1. The molecule has 168 valence electrons. The highest BCUT2D eigenvalue weighted by Gasteiger charge is 2.25. The predicted molar refractivity (Wildman–Crippen MR) is 118 cm³/mol. The summed E-state index contributed by atoms with van der Waals surface area (Å²) in [6, 6.07) is 9.92.